The fourth-order valence-corrected chi connectivity index (χ4v) is 5.00. The molecule has 0 saturated carbocycles. The number of rotatable bonds is 5. The van der Waals surface area contributed by atoms with Gasteiger partial charge in [0.25, 0.3) is 17.7 Å². The lowest BCUT2D eigenvalue weighted by Crippen LogP contribution is -2.49. The van der Waals surface area contributed by atoms with E-state index in [1.807, 2.05) is 11.0 Å². The molecule has 3 amide bonds. The SMILES string of the molecule is N#Cc1ccc(C(=O)N2CCN(c3ccc(C(=O)N4CCNCC4)cc3NC(=O)c3cc(F)cc(F)c3)CC2)cc1. The van der Waals surface area contributed by atoms with Gasteiger partial charge in [0.2, 0.25) is 0 Å². The molecule has 0 unspecified atom stereocenters. The predicted octanol–water partition coefficient (Wildman–Crippen LogP) is 3.10. The Morgan fingerprint density at radius 2 is 1.32 bits per heavy atom. The van der Waals surface area contributed by atoms with Crippen molar-refractivity contribution in [1.29, 1.82) is 5.26 Å². The van der Waals surface area contributed by atoms with Gasteiger partial charge >= 0.3 is 0 Å². The van der Waals surface area contributed by atoms with Gasteiger partial charge in [0.1, 0.15) is 11.6 Å². The Kier molecular flexibility index (Phi) is 8.21. The van der Waals surface area contributed by atoms with E-state index >= 15 is 0 Å². The fraction of sp³-hybridized carbons (Fsp3) is 0.267. The predicted molar refractivity (Wildman–Crippen MR) is 149 cm³/mol. The van der Waals surface area contributed by atoms with E-state index in [2.05, 4.69) is 10.6 Å². The molecule has 3 aromatic rings. The lowest BCUT2D eigenvalue weighted by atomic mass is 10.1. The molecule has 2 aliphatic rings. The topological polar surface area (TPSA) is 109 Å². The van der Waals surface area contributed by atoms with Crippen LogP contribution in [0.15, 0.2) is 60.7 Å². The average molecular weight is 559 g/mol. The van der Waals surface area contributed by atoms with Crippen LogP contribution in [0.4, 0.5) is 20.2 Å². The van der Waals surface area contributed by atoms with Gasteiger partial charge in [0.15, 0.2) is 0 Å². The van der Waals surface area contributed by atoms with Gasteiger partial charge in [0.05, 0.1) is 23.0 Å². The van der Waals surface area contributed by atoms with Crippen LogP contribution in [0.25, 0.3) is 0 Å². The number of benzene rings is 3. The molecule has 5 rings (SSSR count). The maximum atomic E-state index is 13.8. The minimum Gasteiger partial charge on any atom is -0.366 e. The number of anilines is 2. The van der Waals surface area contributed by atoms with Crippen LogP contribution < -0.4 is 15.5 Å². The molecule has 2 saturated heterocycles. The first-order chi connectivity index (χ1) is 19.8. The lowest BCUT2D eigenvalue weighted by Gasteiger charge is -2.37. The third kappa shape index (κ3) is 6.34. The van der Waals surface area contributed by atoms with E-state index in [1.165, 1.54) is 0 Å². The van der Waals surface area contributed by atoms with Gasteiger partial charge in [-0.1, -0.05) is 0 Å². The second-order valence-electron chi connectivity index (χ2n) is 9.85. The van der Waals surface area contributed by atoms with Crippen molar-refractivity contribution >= 4 is 29.1 Å². The summed E-state index contributed by atoms with van der Waals surface area (Å²) in [5.74, 6) is -2.79. The number of nitriles is 1. The Labute approximate surface area is 236 Å². The van der Waals surface area contributed by atoms with Crippen LogP contribution in [-0.2, 0) is 0 Å². The highest BCUT2D eigenvalue weighted by Crippen LogP contribution is 2.30. The summed E-state index contributed by atoms with van der Waals surface area (Å²) in [5.41, 5.74) is 2.10. The van der Waals surface area contributed by atoms with Crippen molar-refractivity contribution in [1.82, 2.24) is 15.1 Å². The van der Waals surface area contributed by atoms with Gasteiger partial charge in [-0.2, -0.15) is 5.26 Å². The molecular formula is C30H28F2N6O3. The fourth-order valence-electron chi connectivity index (χ4n) is 5.00. The van der Waals surface area contributed by atoms with Crippen LogP contribution in [0.2, 0.25) is 0 Å². The molecule has 0 atom stereocenters. The first-order valence-electron chi connectivity index (χ1n) is 13.3. The molecule has 0 spiro atoms. The van der Waals surface area contributed by atoms with Crippen LogP contribution in [0.1, 0.15) is 36.6 Å². The number of carbonyl (C=O) groups is 3. The quantitative estimate of drug-likeness (QED) is 0.498. The summed E-state index contributed by atoms with van der Waals surface area (Å²) in [7, 11) is 0. The summed E-state index contributed by atoms with van der Waals surface area (Å²) in [4.78, 5) is 44.7. The number of carbonyl (C=O) groups excluding carboxylic acids is 3. The molecular weight excluding hydrogens is 530 g/mol. The molecule has 2 fully saturated rings. The van der Waals surface area contributed by atoms with E-state index in [1.54, 1.807) is 52.3 Å². The van der Waals surface area contributed by atoms with Crippen LogP contribution in [0.5, 0.6) is 0 Å². The Balaban J connectivity index is 1.37. The summed E-state index contributed by atoms with van der Waals surface area (Å²) < 4.78 is 27.6. The molecule has 210 valence electrons. The number of piperazine rings is 2. The van der Waals surface area contributed by atoms with Gasteiger partial charge in [0, 0.05) is 75.1 Å². The van der Waals surface area contributed by atoms with Crippen molar-refractivity contribution < 1.29 is 23.2 Å². The van der Waals surface area contributed by atoms with Crippen molar-refractivity contribution in [2.24, 2.45) is 0 Å². The lowest BCUT2D eigenvalue weighted by molar-refractivity contribution is 0.0731. The molecule has 2 N–H and O–H groups in total. The molecule has 0 bridgehead atoms. The molecule has 3 aromatic carbocycles. The van der Waals surface area contributed by atoms with Gasteiger partial charge in [-0.25, -0.2) is 8.78 Å². The summed E-state index contributed by atoms with van der Waals surface area (Å²) in [6.45, 7) is 4.19. The zero-order valence-electron chi connectivity index (χ0n) is 22.2. The highest BCUT2D eigenvalue weighted by molar-refractivity contribution is 6.07. The summed E-state index contributed by atoms with van der Waals surface area (Å²) in [6, 6.07) is 16.1. The van der Waals surface area contributed by atoms with Gasteiger partial charge in [-0.05, 0) is 54.6 Å². The molecule has 2 heterocycles. The molecule has 0 aromatic heterocycles. The first-order valence-corrected chi connectivity index (χ1v) is 13.3. The van der Waals surface area contributed by atoms with Gasteiger partial charge < -0.3 is 25.3 Å². The number of hydrogen-bond acceptors (Lipinski definition) is 6. The van der Waals surface area contributed by atoms with E-state index in [-0.39, 0.29) is 17.4 Å². The number of hydrogen-bond donors (Lipinski definition) is 2. The molecule has 0 aliphatic carbocycles. The van der Waals surface area contributed by atoms with Crippen molar-refractivity contribution in [2.75, 3.05) is 62.6 Å². The number of nitrogens with zero attached hydrogens (tertiary/aromatic N) is 4. The third-order valence-electron chi connectivity index (χ3n) is 7.19. The van der Waals surface area contributed by atoms with Crippen molar-refractivity contribution in [3.8, 4) is 6.07 Å². The Morgan fingerprint density at radius 1 is 0.732 bits per heavy atom. The molecule has 2 aliphatic heterocycles. The summed E-state index contributed by atoms with van der Waals surface area (Å²) in [6.07, 6.45) is 0. The van der Waals surface area contributed by atoms with E-state index < -0.39 is 17.5 Å². The number of nitrogens with one attached hydrogen (secondary N) is 2. The van der Waals surface area contributed by atoms with Crippen molar-refractivity contribution in [3.05, 3.63) is 94.6 Å². The normalized spacial score (nSPS) is 15.3. The zero-order valence-corrected chi connectivity index (χ0v) is 22.2. The molecule has 41 heavy (non-hydrogen) atoms. The van der Waals surface area contributed by atoms with Crippen molar-refractivity contribution in [2.45, 2.75) is 0 Å². The minimum atomic E-state index is -0.874. The van der Waals surface area contributed by atoms with E-state index in [0.717, 1.165) is 12.1 Å². The largest absolute Gasteiger partial charge is 0.366 e. The Hall–Kier alpha value is -4.82. The van der Waals surface area contributed by atoms with Gasteiger partial charge in [-0.15, -0.1) is 0 Å². The maximum absolute atomic E-state index is 13.8. The Bertz CT molecular complexity index is 1490. The monoisotopic (exact) mass is 558 g/mol. The van der Waals surface area contributed by atoms with Crippen LogP contribution >= 0.6 is 0 Å². The minimum absolute atomic E-state index is 0.146. The highest BCUT2D eigenvalue weighted by atomic mass is 19.1. The highest BCUT2D eigenvalue weighted by Gasteiger charge is 2.26. The van der Waals surface area contributed by atoms with E-state index in [4.69, 9.17) is 5.26 Å². The number of amides is 3. The molecule has 11 heteroatoms. The second-order valence-corrected chi connectivity index (χ2v) is 9.85. The third-order valence-corrected chi connectivity index (χ3v) is 7.19. The van der Waals surface area contributed by atoms with Crippen LogP contribution in [0.3, 0.4) is 0 Å². The zero-order chi connectivity index (χ0) is 28.9. The maximum Gasteiger partial charge on any atom is 0.255 e. The first kappa shape index (κ1) is 27.7. The van der Waals surface area contributed by atoms with Crippen molar-refractivity contribution in [3.63, 3.8) is 0 Å². The Morgan fingerprint density at radius 3 is 1.95 bits per heavy atom. The summed E-state index contributed by atoms with van der Waals surface area (Å²) in [5, 5.41) is 14.9. The molecule has 0 radical (unpaired) electrons. The second kappa shape index (κ2) is 12.1. The van der Waals surface area contributed by atoms with Crippen LogP contribution in [-0.4, -0.2) is 79.9 Å². The average Bonchev–Trinajstić information content (AvgIpc) is 3.00. The van der Waals surface area contributed by atoms with Gasteiger partial charge in [-0.3, -0.25) is 14.4 Å². The number of halogens is 2. The molecule has 9 nitrogen and oxygen atoms in total. The summed E-state index contributed by atoms with van der Waals surface area (Å²) >= 11 is 0. The van der Waals surface area contributed by atoms with E-state index in [9.17, 15) is 23.2 Å². The smallest absolute Gasteiger partial charge is 0.255 e. The van der Waals surface area contributed by atoms with E-state index in [0.29, 0.717) is 86.5 Å². The standard InChI is InChI=1S/C30H28F2N6O3/c31-24-15-23(16-25(32)18-24)28(39)35-26-17-22(30(41)37-9-7-34-8-10-37)5-6-27(26)36-11-13-38(14-12-36)29(40)21-3-1-20(19-33)2-4-21/h1-6,15-18,34H,7-14H2,(H,35,39). The van der Waals surface area contributed by atoms with Crippen LogP contribution in [0, 0.1) is 23.0 Å².